The Morgan fingerprint density at radius 1 is 1.11 bits per heavy atom. The third-order valence-corrected chi connectivity index (χ3v) is 5.45. The summed E-state index contributed by atoms with van der Waals surface area (Å²) in [6, 6.07) is 12.7. The van der Waals surface area contributed by atoms with Gasteiger partial charge in [-0.15, -0.1) is 11.3 Å². The lowest BCUT2D eigenvalue weighted by atomic mass is 10.0. The van der Waals surface area contributed by atoms with Crippen LogP contribution in [-0.4, -0.2) is 10.9 Å². The Bertz CT molecular complexity index is 952. The minimum Gasteiger partial charge on any atom is -0.326 e. The zero-order chi connectivity index (χ0) is 19.0. The molecule has 1 aliphatic rings. The summed E-state index contributed by atoms with van der Waals surface area (Å²) in [5.74, 6) is -1.08. The lowest BCUT2D eigenvalue weighted by molar-refractivity contribution is -0.138. The topological polar surface area (TPSA) is 42.0 Å². The number of carbonyl (C=O) groups excluding carboxylic acids is 1. The summed E-state index contributed by atoms with van der Waals surface area (Å²) in [5, 5.41) is 5.57. The summed E-state index contributed by atoms with van der Waals surface area (Å²) < 4.78 is 39.5. The number of alkyl halides is 3. The number of nitrogens with one attached hydrogen (secondary N) is 1. The quantitative estimate of drug-likeness (QED) is 0.635. The third-order valence-electron chi connectivity index (χ3n) is 4.62. The second-order valence-corrected chi connectivity index (χ2v) is 7.33. The van der Waals surface area contributed by atoms with Crippen LogP contribution in [0, 0.1) is 5.92 Å². The molecule has 0 bridgehead atoms. The molecule has 1 aliphatic carbocycles. The smallest absolute Gasteiger partial charge is 0.326 e. The minimum absolute atomic E-state index is 0.198. The average Bonchev–Trinajstić information content (AvgIpc) is 3.27. The molecule has 2 aromatic carbocycles. The first-order valence-corrected chi connectivity index (χ1v) is 9.28. The van der Waals surface area contributed by atoms with Gasteiger partial charge in [-0.25, -0.2) is 4.98 Å². The molecule has 4 rings (SSSR count). The van der Waals surface area contributed by atoms with Gasteiger partial charge in [0.1, 0.15) is 5.01 Å². The highest BCUT2D eigenvalue weighted by atomic mass is 32.1. The van der Waals surface area contributed by atoms with Gasteiger partial charge >= 0.3 is 6.18 Å². The van der Waals surface area contributed by atoms with Crippen LogP contribution in [0.4, 0.5) is 18.9 Å². The largest absolute Gasteiger partial charge is 0.416 e. The second kappa shape index (κ2) is 6.81. The number of hydrogen-bond donors (Lipinski definition) is 1. The number of hydrogen-bond acceptors (Lipinski definition) is 3. The Hall–Kier alpha value is -2.67. The molecule has 0 radical (unpaired) electrons. The fourth-order valence-corrected chi connectivity index (χ4v) is 3.85. The van der Waals surface area contributed by atoms with Crippen LogP contribution in [0.5, 0.6) is 0 Å². The van der Waals surface area contributed by atoms with E-state index >= 15 is 0 Å². The van der Waals surface area contributed by atoms with Crippen molar-refractivity contribution in [3.05, 3.63) is 71.2 Å². The average molecular weight is 388 g/mol. The summed E-state index contributed by atoms with van der Waals surface area (Å²) in [6.07, 6.45) is -2.26. The normalized spacial score (nSPS) is 18.9. The van der Waals surface area contributed by atoms with Gasteiger partial charge in [0.05, 0.1) is 5.56 Å². The van der Waals surface area contributed by atoms with Gasteiger partial charge in [-0.3, -0.25) is 4.79 Å². The molecule has 3 aromatic rings. The van der Waals surface area contributed by atoms with E-state index in [1.165, 1.54) is 23.5 Å². The molecule has 2 atom stereocenters. The number of amides is 1. The van der Waals surface area contributed by atoms with Crippen LogP contribution in [0.25, 0.3) is 10.6 Å². The molecule has 1 saturated carbocycles. The third kappa shape index (κ3) is 3.73. The number of aromatic nitrogens is 1. The van der Waals surface area contributed by atoms with E-state index in [4.69, 9.17) is 0 Å². The number of halogens is 3. The molecular formula is C20H15F3N2OS. The van der Waals surface area contributed by atoms with Crippen molar-refractivity contribution in [1.29, 1.82) is 0 Å². The van der Waals surface area contributed by atoms with Crippen LogP contribution < -0.4 is 5.32 Å². The van der Waals surface area contributed by atoms with E-state index in [1.807, 2.05) is 17.5 Å². The Labute approximate surface area is 157 Å². The Morgan fingerprint density at radius 3 is 2.52 bits per heavy atom. The van der Waals surface area contributed by atoms with E-state index in [9.17, 15) is 18.0 Å². The Kier molecular flexibility index (Phi) is 4.47. The SMILES string of the molecule is O=C(Nc1ccc(-c2nccs2)cc1)[C@H]1C[C@@H]1c1ccccc1C(F)(F)F. The molecule has 27 heavy (non-hydrogen) atoms. The van der Waals surface area contributed by atoms with Crippen molar-refractivity contribution in [3.63, 3.8) is 0 Å². The zero-order valence-electron chi connectivity index (χ0n) is 14.0. The van der Waals surface area contributed by atoms with E-state index in [1.54, 1.807) is 24.4 Å². The fourth-order valence-electron chi connectivity index (χ4n) is 3.20. The molecule has 138 valence electrons. The van der Waals surface area contributed by atoms with Gasteiger partial charge in [0.2, 0.25) is 5.91 Å². The van der Waals surface area contributed by atoms with Crippen molar-refractivity contribution < 1.29 is 18.0 Å². The number of anilines is 1. The maximum absolute atomic E-state index is 13.2. The first-order chi connectivity index (χ1) is 12.9. The summed E-state index contributed by atoms with van der Waals surface area (Å²) in [5.41, 5.74) is 1.11. The van der Waals surface area contributed by atoms with Crippen LogP contribution >= 0.6 is 11.3 Å². The van der Waals surface area contributed by atoms with Gasteiger partial charge in [0.15, 0.2) is 0 Å². The molecule has 1 N–H and O–H groups in total. The van der Waals surface area contributed by atoms with E-state index < -0.39 is 23.6 Å². The summed E-state index contributed by atoms with van der Waals surface area (Å²) in [7, 11) is 0. The molecule has 0 aliphatic heterocycles. The number of nitrogens with zero attached hydrogens (tertiary/aromatic N) is 1. The van der Waals surface area contributed by atoms with E-state index in [0.717, 1.165) is 16.6 Å². The molecule has 1 amide bonds. The molecular weight excluding hydrogens is 373 g/mol. The predicted octanol–water partition coefficient (Wildman–Crippen LogP) is 5.57. The summed E-state index contributed by atoms with van der Waals surface area (Å²) in [4.78, 5) is 16.7. The number of rotatable bonds is 4. The van der Waals surface area contributed by atoms with Crippen molar-refractivity contribution in [3.8, 4) is 10.6 Å². The van der Waals surface area contributed by atoms with E-state index in [2.05, 4.69) is 10.3 Å². The van der Waals surface area contributed by atoms with E-state index in [0.29, 0.717) is 12.1 Å². The van der Waals surface area contributed by atoms with Gasteiger partial charge in [0, 0.05) is 28.7 Å². The number of benzene rings is 2. The Morgan fingerprint density at radius 2 is 1.85 bits per heavy atom. The van der Waals surface area contributed by atoms with Gasteiger partial charge in [-0.05, 0) is 48.2 Å². The highest BCUT2D eigenvalue weighted by Gasteiger charge is 2.47. The molecule has 1 aromatic heterocycles. The molecule has 0 unspecified atom stereocenters. The summed E-state index contributed by atoms with van der Waals surface area (Å²) >= 11 is 1.52. The number of carbonyl (C=O) groups is 1. The second-order valence-electron chi connectivity index (χ2n) is 6.44. The van der Waals surface area contributed by atoms with Gasteiger partial charge in [0.25, 0.3) is 0 Å². The van der Waals surface area contributed by atoms with Crippen molar-refractivity contribution in [2.24, 2.45) is 5.92 Å². The molecule has 1 fully saturated rings. The standard InChI is InChI=1S/C20H15F3N2OS/c21-20(22,23)17-4-2-1-3-14(17)15-11-16(15)18(26)25-13-7-5-12(6-8-13)19-24-9-10-27-19/h1-10,15-16H,11H2,(H,25,26)/t15-,16+/m1/s1. The van der Waals surface area contributed by atoms with Gasteiger partial charge in [-0.1, -0.05) is 18.2 Å². The first kappa shape index (κ1) is 17.7. The van der Waals surface area contributed by atoms with Crippen LogP contribution in [0.1, 0.15) is 23.5 Å². The van der Waals surface area contributed by atoms with Crippen molar-refractivity contribution in [2.45, 2.75) is 18.5 Å². The lowest BCUT2D eigenvalue weighted by Gasteiger charge is -2.12. The van der Waals surface area contributed by atoms with Crippen LogP contribution in [0.3, 0.4) is 0 Å². The van der Waals surface area contributed by atoms with Crippen molar-refractivity contribution in [2.75, 3.05) is 5.32 Å². The highest BCUT2D eigenvalue weighted by molar-refractivity contribution is 7.13. The fraction of sp³-hybridized carbons (Fsp3) is 0.200. The van der Waals surface area contributed by atoms with Crippen LogP contribution in [0.15, 0.2) is 60.1 Å². The minimum atomic E-state index is -4.41. The highest BCUT2D eigenvalue weighted by Crippen LogP contribution is 2.51. The molecule has 1 heterocycles. The molecule has 0 saturated heterocycles. The first-order valence-electron chi connectivity index (χ1n) is 8.40. The monoisotopic (exact) mass is 388 g/mol. The van der Waals surface area contributed by atoms with Gasteiger partial charge < -0.3 is 5.32 Å². The molecule has 7 heteroatoms. The van der Waals surface area contributed by atoms with Crippen molar-refractivity contribution >= 4 is 22.9 Å². The summed E-state index contributed by atoms with van der Waals surface area (Å²) in [6.45, 7) is 0. The van der Waals surface area contributed by atoms with Crippen LogP contribution in [-0.2, 0) is 11.0 Å². The lowest BCUT2D eigenvalue weighted by Crippen LogP contribution is -2.15. The maximum Gasteiger partial charge on any atom is 0.416 e. The maximum atomic E-state index is 13.2. The van der Waals surface area contributed by atoms with Crippen LogP contribution in [0.2, 0.25) is 0 Å². The number of thiazole rings is 1. The predicted molar refractivity (Wildman–Crippen MR) is 98.5 cm³/mol. The Balaban J connectivity index is 1.44. The van der Waals surface area contributed by atoms with Gasteiger partial charge in [-0.2, -0.15) is 13.2 Å². The van der Waals surface area contributed by atoms with E-state index in [-0.39, 0.29) is 11.5 Å². The zero-order valence-corrected chi connectivity index (χ0v) is 14.8. The van der Waals surface area contributed by atoms with Crippen molar-refractivity contribution in [1.82, 2.24) is 4.98 Å². The molecule has 0 spiro atoms. The molecule has 3 nitrogen and oxygen atoms in total.